The minimum atomic E-state index is -1.61. The number of hydrogen-bond donors (Lipinski definition) is 11. The van der Waals surface area contributed by atoms with Gasteiger partial charge in [0.05, 0.1) is 0 Å². The SMILES string of the molecule is CCCCO.CCCCO.CCCCO.CCCCO.CCCCO.CCCCO.CCCCO.C[Si](C)(C)O.C[Si](C)(C)O.C[Si](C)(C)O.C[Si](C)(C)O.[Ti].[Ti]. The van der Waals surface area contributed by atoms with Crippen LogP contribution in [0, 0.1) is 0 Å². The Morgan fingerprint density at radius 1 is 0.228 bits per heavy atom. The maximum absolute atomic E-state index is 8.66. The maximum Gasteiger partial charge on any atom is 0.179 e. The molecule has 360 valence electrons. The van der Waals surface area contributed by atoms with Crippen LogP contribution in [0.4, 0.5) is 0 Å². The molecule has 0 radical (unpaired) electrons. The van der Waals surface area contributed by atoms with Crippen LogP contribution in [0.2, 0.25) is 78.6 Å². The van der Waals surface area contributed by atoms with E-state index in [1.54, 1.807) is 0 Å². The van der Waals surface area contributed by atoms with E-state index >= 15 is 0 Å². The molecule has 0 spiro atoms. The van der Waals surface area contributed by atoms with Gasteiger partial charge in [0.25, 0.3) is 0 Å². The van der Waals surface area contributed by atoms with Gasteiger partial charge in [-0.2, -0.15) is 0 Å². The second-order valence-corrected chi connectivity index (χ2v) is 33.6. The van der Waals surface area contributed by atoms with Gasteiger partial charge in [-0.15, -0.1) is 0 Å². The molecule has 0 unspecified atom stereocenters. The van der Waals surface area contributed by atoms with Crippen molar-refractivity contribution < 1.29 is 98.4 Å². The van der Waals surface area contributed by atoms with Crippen LogP contribution >= 0.6 is 0 Å². The quantitative estimate of drug-likeness (QED) is 0.0739. The van der Waals surface area contributed by atoms with Crippen LogP contribution in [0.15, 0.2) is 0 Å². The molecule has 0 saturated carbocycles. The largest absolute Gasteiger partial charge is 0.433 e. The summed E-state index contributed by atoms with van der Waals surface area (Å²) in [7, 11) is -6.44. The number of hydrogen-bond acceptors (Lipinski definition) is 11. The average molecular weight is 975 g/mol. The van der Waals surface area contributed by atoms with Crippen LogP contribution in [0.3, 0.4) is 0 Å². The fraction of sp³-hybridized carbons (Fsp3) is 1.00. The van der Waals surface area contributed by atoms with Crippen LogP contribution in [-0.2, 0) is 43.4 Å². The molecule has 0 aliphatic rings. The first-order chi connectivity index (χ1) is 24.9. The Morgan fingerprint density at radius 2 is 0.281 bits per heavy atom. The molecule has 17 heteroatoms. The van der Waals surface area contributed by atoms with E-state index in [1.807, 2.05) is 78.6 Å². The second-order valence-electron chi connectivity index (χ2n) is 16.2. The number of aliphatic hydroxyl groups is 7. The summed E-state index contributed by atoms with van der Waals surface area (Å²) in [6.07, 6.45) is 14.3. The van der Waals surface area contributed by atoms with Crippen molar-refractivity contribution in [3.63, 3.8) is 0 Å². The Balaban J connectivity index is -0.0000000338. The molecule has 11 N–H and O–H groups in total. The van der Waals surface area contributed by atoms with Crippen molar-refractivity contribution in [3.8, 4) is 0 Å². The Bertz CT molecular complexity index is 383. The monoisotopic (exact) mass is 975 g/mol. The van der Waals surface area contributed by atoms with E-state index in [2.05, 4.69) is 48.5 Å². The molecular weight excluding hydrogens is 865 g/mol. The van der Waals surface area contributed by atoms with Gasteiger partial charge in [-0.3, -0.25) is 0 Å². The molecule has 57 heavy (non-hydrogen) atoms. The molecule has 0 aliphatic heterocycles. The molecule has 0 aromatic carbocycles. The zero-order valence-electron chi connectivity index (χ0n) is 41.8. The van der Waals surface area contributed by atoms with Crippen molar-refractivity contribution in [3.05, 3.63) is 0 Å². The van der Waals surface area contributed by atoms with Crippen LogP contribution in [0.5, 0.6) is 0 Å². The summed E-state index contributed by atoms with van der Waals surface area (Å²) in [5.41, 5.74) is 0. The fourth-order valence-corrected chi connectivity index (χ4v) is 1.11. The Hall–Kier alpha value is 1.86. The van der Waals surface area contributed by atoms with E-state index in [1.165, 1.54) is 0 Å². The number of rotatable bonds is 14. The van der Waals surface area contributed by atoms with Gasteiger partial charge in [0.2, 0.25) is 0 Å². The Kier molecular flexibility index (Phi) is 140. The van der Waals surface area contributed by atoms with Gasteiger partial charge in [-0.25, -0.2) is 0 Å². The third-order valence-corrected chi connectivity index (χ3v) is 3.58. The summed E-state index contributed by atoms with van der Waals surface area (Å²) in [6.45, 7) is 39.4. The van der Waals surface area contributed by atoms with Gasteiger partial charge >= 0.3 is 0 Å². The standard InChI is InChI=1S/7C4H10O.4C3H10OSi.2Ti/c7*1-2-3-4-5;4*1-5(2,3)4;;/h7*5H,2-4H2,1H3;4*4H,1-3H3;;. The van der Waals surface area contributed by atoms with E-state index in [0.29, 0.717) is 46.2 Å². The summed E-state index contributed by atoms with van der Waals surface area (Å²) in [5.74, 6) is 0. The zero-order valence-corrected chi connectivity index (χ0v) is 48.9. The molecule has 0 bridgehead atoms. The second kappa shape index (κ2) is 85.2. The van der Waals surface area contributed by atoms with Crippen molar-refractivity contribution in [2.24, 2.45) is 0 Å². The van der Waals surface area contributed by atoms with E-state index in [0.717, 1.165) is 89.9 Å². The molecule has 0 saturated heterocycles. The molecule has 0 aliphatic carbocycles. The number of unbranched alkanes of at least 4 members (excludes halogenated alkanes) is 7. The van der Waals surface area contributed by atoms with Gasteiger partial charge in [0.1, 0.15) is 0 Å². The van der Waals surface area contributed by atoms with E-state index in [-0.39, 0.29) is 43.4 Å². The minimum Gasteiger partial charge on any atom is -0.433 e. The van der Waals surface area contributed by atoms with E-state index in [4.69, 9.17) is 54.9 Å². The smallest absolute Gasteiger partial charge is 0.179 e. The van der Waals surface area contributed by atoms with Crippen molar-refractivity contribution >= 4 is 33.3 Å². The molecule has 0 rings (SSSR count). The van der Waals surface area contributed by atoms with E-state index in [9.17, 15) is 0 Å². The summed E-state index contributed by atoms with van der Waals surface area (Å²) in [4.78, 5) is 34.6. The molecule has 0 atom stereocenters. The van der Waals surface area contributed by atoms with Crippen molar-refractivity contribution in [1.29, 1.82) is 0 Å². The Morgan fingerprint density at radius 3 is 0.281 bits per heavy atom. The molecule has 0 heterocycles. The molecule has 0 aromatic heterocycles. The predicted molar refractivity (Wildman–Crippen MR) is 256 cm³/mol. The van der Waals surface area contributed by atoms with Crippen molar-refractivity contribution in [1.82, 2.24) is 0 Å². The van der Waals surface area contributed by atoms with Crippen molar-refractivity contribution in [2.45, 2.75) is 217 Å². The molecular formula is C40H110O11Si4Ti2. The molecule has 0 amide bonds. The predicted octanol–water partition coefficient (Wildman–Crippen LogP) is 8.70. The first kappa shape index (κ1) is 93.7. The van der Waals surface area contributed by atoms with E-state index < -0.39 is 33.3 Å². The zero-order chi connectivity index (χ0) is 46.8. The van der Waals surface area contributed by atoms with Crippen LogP contribution < -0.4 is 0 Å². The topological polar surface area (TPSA) is 223 Å². The summed E-state index contributed by atoms with van der Waals surface area (Å²) < 4.78 is 0. The van der Waals surface area contributed by atoms with Gasteiger partial charge in [0.15, 0.2) is 33.3 Å². The normalized spacial score (nSPS) is 9.37. The van der Waals surface area contributed by atoms with Gasteiger partial charge < -0.3 is 54.9 Å². The van der Waals surface area contributed by atoms with Gasteiger partial charge in [0, 0.05) is 89.7 Å². The van der Waals surface area contributed by atoms with Crippen LogP contribution in [0.1, 0.15) is 138 Å². The Labute approximate surface area is 392 Å². The van der Waals surface area contributed by atoms with Crippen LogP contribution in [0.25, 0.3) is 0 Å². The minimum absolute atomic E-state index is 0. The van der Waals surface area contributed by atoms with Crippen LogP contribution in [-0.4, -0.2) is 134 Å². The van der Waals surface area contributed by atoms with Gasteiger partial charge in [-0.05, 0) is 124 Å². The summed E-state index contributed by atoms with van der Waals surface area (Å²) in [5, 5.41) is 56.5. The van der Waals surface area contributed by atoms with Gasteiger partial charge in [-0.1, -0.05) is 93.4 Å². The first-order valence-electron chi connectivity index (χ1n) is 21.1. The average Bonchev–Trinajstić information content (AvgIpc) is 2.99. The molecule has 11 nitrogen and oxygen atoms in total. The summed E-state index contributed by atoms with van der Waals surface area (Å²) in [6, 6.07) is 0. The molecule has 0 aromatic rings. The molecule has 0 fully saturated rings. The maximum atomic E-state index is 8.66. The summed E-state index contributed by atoms with van der Waals surface area (Å²) >= 11 is 0. The number of aliphatic hydroxyl groups excluding tert-OH is 7. The third kappa shape index (κ3) is 718. The first-order valence-corrected chi connectivity index (χ1v) is 34.8. The van der Waals surface area contributed by atoms with Crippen molar-refractivity contribution in [2.75, 3.05) is 46.2 Å². The third-order valence-electron chi connectivity index (χ3n) is 3.58. The fourth-order valence-electron chi connectivity index (χ4n) is 1.11.